The molecule has 0 spiro atoms. The number of H-pyrrole nitrogens is 1. The molecule has 22 heavy (non-hydrogen) atoms. The van der Waals surface area contributed by atoms with Crippen molar-refractivity contribution in [2.45, 2.75) is 0 Å². The van der Waals surface area contributed by atoms with Gasteiger partial charge in [0.2, 0.25) is 5.95 Å². The van der Waals surface area contributed by atoms with Crippen molar-refractivity contribution in [2.24, 2.45) is 0 Å². The number of imidazole rings is 1. The lowest BCUT2D eigenvalue weighted by Crippen LogP contribution is -2.18. The lowest BCUT2D eigenvalue weighted by molar-refractivity contribution is 0.960. The van der Waals surface area contributed by atoms with Crippen LogP contribution in [-0.2, 0) is 0 Å². The minimum absolute atomic E-state index is 0.149. The van der Waals surface area contributed by atoms with E-state index in [1.165, 1.54) is 0 Å². The fraction of sp³-hybridized carbons (Fsp3) is 0. The average molecular weight is 422 g/mol. The molecule has 0 radical (unpaired) electrons. The summed E-state index contributed by atoms with van der Waals surface area (Å²) >= 11 is 8.40. The zero-order valence-corrected chi connectivity index (χ0v) is 14.1. The van der Waals surface area contributed by atoms with Crippen LogP contribution in [0.2, 0.25) is 5.02 Å². The molecule has 2 aromatic heterocycles. The number of nitrogens with zero attached hydrogens (tertiary/aromatic N) is 2. The number of hydrogen-bond acceptors (Lipinski definition) is 2. The lowest BCUT2D eigenvalue weighted by atomic mass is 10.2. The molecule has 0 fully saturated rings. The number of hydrogen-bond donors (Lipinski definition) is 1. The summed E-state index contributed by atoms with van der Waals surface area (Å²) in [6.45, 7) is 0. The van der Waals surface area contributed by atoms with Crippen LogP contribution in [0.15, 0.2) is 53.3 Å². The third-order valence-corrected chi connectivity index (χ3v) is 5.05. The van der Waals surface area contributed by atoms with Gasteiger partial charge in [-0.25, -0.2) is 9.55 Å². The van der Waals surface area contributed by atoms with Gasteiger partial charge in [-0.2, -0.15) is 0 Å². The first-order chi connectivity index (χ1) is 10.6. The molecule has 2 heterocycles. The zero-order chi connectivity index (χ0) is 15.3. The summed E-state index contributed by atoms with van der Waals surface area (Å²) in [6, 6.07) is 14.8. The smallest absolute Gasteiger partial charge is 0.257 e. The second kappa shape index (κ2) is 5.10. The van der Waals surface area contributed by atoms with Crippen molar-refractivity contribution in [1.82, 2.24) is 14.5 Å². The Morgan fingerprint density at radius 1 is 1.14 bits per heavy atom. The number of pyridine rings is 1. The number of rotatable bonds is 1. The highest BCUT2D eigenvalue weighted by molar-refractivity contribution is 14.1. The van der Waals surface area contributed by atoms with Crippen LogP contribution in [0.4, 0.5) is 0 Å². The third-order valence-electron chi connectivity index (χ3n) is 3.53. The molecule has 0 unspecified atom stereocenters. The molecule has 0 amide bonds. The molecule has 4 nitrogen and oxygen atoms in total. The fourth-order valence-corrected chi connectivity index (χ4v) is 3.15. The molecule has 2 aromatic carbocycles. The fourth-order valence-electron chi connectivity index (χ4n) is 2.50. The first-order valence-corrected chi connectivity index (χ1v) is 8.05. The molecule has 0 saturated heterocycles. The van der Waals surface area contributed by atoms with Gasteiger partial charge in [0.25, 0.3) is 5.56 Å². The summed E-state index contributed by atoms with van der Waals surface area (Å²) < 4.78 is 2.50. The highest BCUT2D eigenvalue weighted by Gasteiger charge is 2.11. The van der Waals surface area contributed by atoms with Crippen molar-refractivity contribution >= 4 is 56.1 Å². The maximum atomic E-state index is 12.4. The van der Waals surface area contributed by atoms with Crippen LogP contribution in [0.5, 0.6) is 0 Å². The van der Waals surface area contributed by atoms with Gasteiger partial charge in [0.05, 0.1) is 21.6 Å². The molecular formula is C16H9ClIN3O. The molecule has 0 aliphatic carbocycles. The van der Waals surface area contributed by atoms with Gasteiger partial charge in [-0.1, -0.05) is 23.7 Å². The van der Waals surface area contributed by atoms with Crippen molar-refractivity contribution in [3.63, 3.8) is 0 Å². The Balaban J connectivity index is 2.10. The Bertz CT molecular complexity index is 1050. The minimum atomic E-state index is -0.149. The van der Waals surface area contributed by atoms with Crippen molar-refractivity contribution in [3.05, 3.63) is 67.5 Å². The van der Waals surface area contributed by atoms with Gasteiger partial charge in [-0.3, -0.25) is 4.79 Å². The molecule has 4 aromatic rings. The summed E-state index contributed by atoms with van der Waals surface area (Å²) in [6.07, 6.45) is 0. The predicted octanol–water partition coefficient (Wildman–Crippen LogP) is 4.13. The first kappa shape index (κ1) is 13.8. The van der Waals surface area contributed by atoms with Crippen LogP contribution in [0, 0.1) is 3.57 Å². The molecule has 6 heteroatoms. The highest BCUT2D eigenvalue weighted by atomic mass is 127. The Morgan fingerprint density at radius 3 is 2.77 bits per heavy atom. The Morgan fingerprint density at radius 2 is 1.95 bits per heavy atom. The molecule has 0 atom stereocenters. The van der Waals surface area contributed by atoms with E-state index in [1.54, 1.807) is 22.8 Å². The highest BCUT2D eigenvalue weighted by Crippen LogP contribution is 2.26. The van der Waals surface area contributed by atoms with E-state index in [2.05, 4.69) is 32.6 Å². The topological polar surface area (TPSA) is 50.7 Å². The van der Waals surface area contributed by atoms with Crippen LogP contribution >= 0.6 is 34.2 Å². The van der Waals surface area contributed by atoms with Gasteiger partial charge >= 0.3 is 0 Å². The second-order valence-electron chi connectivity index (χ2n) is 4.91. The summed E-state index contributed by atoms with van der Waals surface area (Å²) in [7, 11) is 0. The van der Waals surface area contributed by atoms with Gasteiger partial charge in [-0.05, 0) is 52.9 Å². The number of para-hydroxylation sites is 2. The van der Waals surface area contributed by atoms with Crippen LogP contribution < -0.4 is 5.56 Å². The monoisotopic (exact) mass is 421 g/mol. The van der Waals surface area contributed by atoms with Gasteiger partial charge < -0.3 is 4.98 Å². The average Bonchev–Trinajstić information content (AvgIpc) is 2.92. The molecule has 0 saturated carbocycles. The van der Waals surface area contributed by atoms with Gasteiger partial charge in [-0.15, -0.1) is 0 Å². The molecule has 0 aliphatic rings. The van der Waals surface area contributed by atoms with Crippen LogP contribution in [0.25, 0.3) is 27.9 Å². The summed E-state index contributed by atoms with van der Waals surface area (Å²) in [5, 5.41) is 1.55. The van der Waals surface area contributed by atoms with E-state index in [4.69, 9.17) is 11.6 Å². The summed E-state index contributed by atoms with van der Waals surface area (Å²) in [5.74, 6) is 0.495. The predicted molar refractivity (Wildman–Crippen MR) is 96.9 cm³/mol. The molecule has 0 bridgehead atoms. The first-order valence-electron chi connectivity index (χ1n) is 6.59. The quantitative estimate of drug-likeness (QED) is 0.470. The molecule has 4 rings (SSSR count). The number of aromatic nitrogens is 3. The van der Waals surface area contributed by atoms with Crippen LogP contribution in [0.1, 0.15) is 0 Å². The zero-order valence-electron chi connectivity index (χ0n) is 11.2. The van der Waals surface area contributed by atoms with E-state index in [0.29, 0.717) is 11.0 Å². The Kier molecular flexibility index (Phi) is 3.19. The number of aromatic amines is 1. The number of halogens is 2. The summed E-state index contributed by atoms with van der Waals surface area (Å²) in [5.41, 5.74) is 2.29. The van der Waals surface area contributed by atoms with E-state index in [-0.39, 0.29) is 5.56 Å². The maximum absolute atomic E-state index is 12.4. The molecule has 0 aliphatic heterocycles. The van der Waals surface area contributed by atoms with Gasteiger partial charge in [0.1, 0.15) is 0 Å². The Labute approximate surface area is 143 Å². The largest absolute Gasteiger partial charge is 0.323 e. The Hall–Kier alpha value is -1.86. The molecule has 1 N–H and O–H groups in total. The van der Waals surface area contributed by atoms with Crippen LogP contribution in [0.3, 0.4) is 0 Å². The van der Waals surface area contributed by atoms with Crippen LogP contribution in [-0.4, -0.2) is 14.5 Å². The van der Waals surface area contributed by atoms with Gasteiger partial charge in [0, 0.05) is 15.0 Å². The molecule has 108 valence electrons. The number of fused-ring (bicyclic) bond motifs is 2. The van der Waals surface area contributed by atoms with Gasteiger partial charge in [0.15, 0.2) is 0 Å². The minimum Gasteiger partial charge on any atom is -0.323 e. The second-order valence-corrected chi connectivity index (χ2v) is 6.48. The van der Waals surface area contributed by atoms with E-state index >= 15 is 0 Å². The standard InChI is InChI=1S/C16H9ClIN3O/c17-10-8-14-9(7-11(10)18)5-6-15(22)21(14)16-19-12-3-1-2-4-13(12)20-16/h1-8H,(H,19,20). The third kappa shape index (κ3) is 2.12. The van der Waals surface area contributed by atoms with E-state index < -0.39 is 0 Å². The SMILES string of the molecule is O=c1ccc2cc(I)c(Cl)cc2n1-c1nc2ccccc2[nH]1. The van der Waals surface area contributed by atoms with Crippen molar-refractivity contribution in [3.8, 4) is 5.95 Å². The lowest BCUT2D eigenvalue weighted by Gasteiger charge is -2.08. The molecular weight excluding hydrogens is 413 g/mol. The van der Waals surface area contributed by atoms with Crippen molar-refractivity contribution < 1.29 is 0 Å². The van der Waals surface area contributed by atoms with E-state index in [0.717, 1.165) is 25.5 Å². The van der Waals surface area contributed by atoms with E-state index in [9.17, 15) is 4.79 Å². The number of benzene rings is 2. The maximum Gasteiger partial charge on any atom is 0.257 e. The normalized spacial score (nSPS) is 11.4. The summed E-state index contributed by atoms with van der Waals surface area (Å²) in [4.78, 5) is 20.1. The van der Waals surface area contributed by atoms with Crippen molar-refractivity contribution in [2.75, 3.05) is 0 Å². The number of nitrogens with one attached hydrogen (secondary N) is 1. The van der Waals surface area contributed by atoms with E-state index in [1.807, 2.05) is 30.3 Å². The van der Waals surface area contributed by atoms with Crippen molar-refractivity contribution in [1.29, 1.82) is 0 Å².